The monoisotopic (exact) mass is 1270 g/mol. The molecule has 11 atom stereocenters. The van der Waals surface area contributed by atoms with Crippen LogP contribution in [0.25, 0.3) is 0 Å². The van der Waals surface area contributed by atoms with Crippen LogP contribution in [0.1, 0.15) is 125 Å². The maximum absolute atomic E-state index is 12.6. The van der Waals surface area contributed by atoms with Gasteiger partial charge in [-0.2, -0.15) is 0 Å². The third kappa shape index (κ3) is 16.0. The number of carbonyl (C=O) groups excluding carboxylic acids is 3. The first-order valence-corrected chi connectivity index (χ1v) is 34.5. The van der Waals surface area contributed by atoms with E-state index < -0.39 is 7.60 Å². The number of rotatable bonds is 23. The van der Waals surface area contributed by atoms with Gasteiger partial charge in [-0.3, -0.25) is 4.57 Å². The molecule has 20 heteroatoms. The highest BCUT2D eigenvalue weighted by molar-refractivity contribution is 9.09. The van der Waals surface area contributed by atoms with Gasteiger partial charge in [0.25, 0.3) is 0 Å². The van der Waals surface area contributed by atoms with Crippen LogP contribution in [-0.2, 0) is 13.6 Å². The smallest absolute Gasteiger partial charge is 0.334 e. The molecule has 9 aliphatic rings. The zero-order chi connectivity index (χ0) is 60.2. The number of methoxy groups -OCH3 is 3. The average molecular weight is 1270 g/mol. The van der Waals surface area contributed by atoms with Crippen molar-refractivity contribution in [3.8, 4) is 34.5 Å². The first-order chi connectivity index (χ1) is 41.8. The number of carbonyl (C=O) groups is 3. The molecule has 3 aliphatic heterocycles. The van der Waals surface area contributed by atoms with Gasteiger partial charge in [-0.25, -0.2) is 14.4 Å². The van der Waals surface area contributed by atoms with Crippen molar-refractivity contribution in [1.82, 2.24) is 31.1 Å². The number of hydrogen-bond donors (Lipinski definition) is 4. The Morgan fingerprint density at radius 2 is 0.884 bits per heavy atom. The Labute approximate surface area is 517 Å². The molecule has 6 saturated carbocycles. The van der Waals surface area contributed by atoms with Gasteiger partial charge in [0.15, 0.2) is 34.5 Å². The highest BCUT2D eigenvalue weighted by Crippen LogP contribution is 2.51. The van der Waals surface area contributed by atoms with Gasteiger partial charge in [-0.15, -0.1) is 0 Å². The van der Waals surface area contributed by atoms with Gasteiger partial charge in [0.1, 0.15) is 18.3 Å². The fraction of sp³-hybridized carbons (Fsp3) is 0.621. The first kappa shape index (κ1) is 63.4. The minimum absolute atomic E-state index is 0.00226. The fourth-order valence-corrected chi connectivity index (χ4v) is 16.6. The number of ether oxygens (including phenoxy) is 6. The summed E-state index contributed by atoms with van der Waals surface area (Å²) in [6.45, 7) is 9.13. The van der Waals surface area contributed by atoms with E-state index in [1.165, 1.54) is 81.8 Å². The summed E-state index contributed by atoms with van der Waals surface area (Å²) in [6, 6.07) is 18.3. The standard InChI is InChI=1S/C26H39N2O6P.C22H29BrN2O3.C18H24N2O3/c1-4-32-35(30,33-5-2)13-7-6-12-28-18-22(17-27-26(28)29)20-10-11-23(31-3)25(16-20)34-24-15-19-8-9-21(24)14-19;1-27-19-7-6-16(12-21(19)28-20-11-15-4-5-17(20)10-15)18-13-24-22(26)25(14-18)9-3-2-8-23;1-22-15-5-4-12(14-9-19-18(21)20-10-14)8-17(15)23-16-7-11-2-3-13(16)6-11/h6-7,10-11,16,19,21-22,24H,4-5,8-9,12-15,17-18H2,1-3H3,(H,27,29);2-3,6-7,12,15,17-18,20H,4-5,8-11,13-14H2,1H3,(H,24,26);4-5,8,11,13-14,16H,2-3,6-7,9-10H2,1H3,(H2,19,20,21)/b7-6+;3-2+;/t19-,21+,22?,24+;15-,17+,18?,20+;11-,13+,16+/m111/s1. The van der Waals surface area contributed by atoms with Crippen molar-refractivity contribution in [3.63, 3.8) is 0 Å². The molecule has 86 heavy (non-hydrogen) atoms. The molecular formula is C66H92BrN6O12P. The summed E-state index contributed by atoms with van der Waals surface area (Å²) < 4.78 is 59.1. The van der Waals surface area contributed by atoms with Crippen molar-refractivity contribution in [1.29, 1.82) is 0 Å². The van der Waals surface area contributed by atoms with Crippen molar-refractivity contribution in [2.75, 3.05) is 98.4 Å². The Bertz CT molecular complexity index is 2880. The van der Waals surface area contributed by atoms with Crippen molar-refractivity contribution in [2.24, 2.45) is 35.5 Å². The molecule has 2 unspecified atom stereocenters. The number of urea groups is 3. The van der Waals surface area contributed by atoms with E-state index in [2.05, 4.69) is 73.6 Å². The van der Waals surface area contributed by atoms with Crippen LogP contribution < -0.4 is 49.7 Å². The number of nitrogens with one attached hydrogen (secondary N) is 4. The summed E-state index contributed by atoms with van der Waals surface area (Å²) in [6.07, 6.45) is 24.1. The molecule has 6 amide bonds. The largest absolute Gasteiger partial charge is 0.493 e. The molecule has 9 fully saturated rings. The van der Waals surface area contributed by atoms with Crippen LogP contribution >= 0.6 is 23.5 Å². The van der Waals surface area contributed by atoms with Crippen molar-refractivity contribution >= 4 is 41.6 Å². The van der Waals surface area contributed by atoms with Crippen LogP contribution in [-0.4, -0.2) is 145 Å². The van der Waals surface area contributed by atoms with Crippen LogP contribution in [0, 0.1) is 35.5 Å². The molecular weight excluding hydrogens is 1180 g/mol. The summed E-state index contributed by atoms with van der Waals surface area (Å²) >= 11 is 3.38. The predicted octanol–water partition coefficient (Wildman–Crippen LogP) is 12.2. The average Bonchev–Trinajstić information content (AvgIpc) is 4.07. The quantitative estimate of drug-likeness (QED) is 0.0399. The van der Waals surface area contributed by atoms with Crippen LogP contribution in [0.4, 0.5) is 14.4 Å². The van der Waals surface area contributed by atoms with E-state index in [9.17, 15) is 18.9 Å². The number of halogens is 1. The molecule has 0 radical (unpaired) electrons. The van der Waals surface area contributed by atoms with Crippen molar-refractivity contribution in [2.45, 2.75) is 127 Å². The Morgan fingerprint density at radius 3 is 1.23 bits per heavy atom. The summed E-state index contributed by atoms with van der Waals surface area (Å²) in [7, 11) is 1.93. The molecule has 0 aromatic heterocycles. The zero-order valence-corrected chi connectivity index (χ0v) is 53.5. The van der Waals surface area contributed by atoms with Gasteiger partial charge < -0.3 is 68.5 Å². The summed E-state index contributed by atoms with van der Waals surface area (Å²) in [5, 5.41) is 12.5. The van der Waals surface area contributed by atoms with Gasteiger partial charge in [-0.1, -0.05) is 58.4 Å². The molecule has 470 valence electrons. The van der Waals surface area contributed by atoms with Crippen molar-refractivity contribution in [3.05, 3.63) is 95.6 Å². The van der Waals surface area contributed by atoms with Crippen molar-refractivity contribution < 1.29 is 56.4 Å². The van der Waals surface area contributed by atoms with Gasteiger partial charge >= 0.3 is 25.7 Å². The minimum atomic E-state index is -3.13. The van der Waals surface area contributed by atoms with Crippen LogP contribution in [0.3, 0.4) is 0 Å². The molecule has 12 rings (SSSR count). The highest BCUT2D eigenvalue weighted by Gasteiger charge is 2.44. The number of nitrogens with zero attached hydrogens (tertiary/aromatic N) is 2. The Balaban J connectivity index is 0.000000146. The molecule has 18 nitrogen and oxygen atoms in total. The molecule has 4 N–H and O–H groups in total. The lowest BCUT2D eigenvalue weighted by Crippen LogP contribution is -2.50. The summed E-state index contributed by atoms with van der Waals surface area (Å²) in [5.74, 6) is 10.1. The number of allylic oxidation sites excluding steroid dienone is 2. The van der Waals surface area contributed by atoms with Crippen LogP contribution in [0.15, 0.2) is 78.9 Å². The van der Waals surface area contributed by atoms with E-state index in [4.69, 9.17) is 37.5 Å². The van der Waals surface area contributed by atoms with E-state index >= 15 is 0 Å². The highest BCUT2D eigenvalue weighted by atomic mass is 79.9. The Morgan fingerprint density at radius 1 is 0.500 bits per heavy atom. The Kier molecular flexibility index (Phi) is 22.2. The number of amides is 6. The Hall–Kier alpha value is -5.62. The second-order valence-electron chi connectivity index (χ2n) is 24.8. The van der Waals surface area contributed by atoms with E-state index in [1.54, 1.807) is 46.2 Å². The van der Waals surface area contributed by atoms with Gasteiger partial charge in [-0.05, 0) is 179 Å². The molecule has 3 saturated heterocycles. The van der Waals surface area contributed by atoms with Crippen LogP contribution in [0.5, 0.6) is 34.5 Å². The lowest BCUT2D eigenvalue weighted by atomic mass is 9.95. The number of fused-ring (bicyclic) bond motifs is 6. The molecule has 0 spiro atoms. The van der Waals surface area contributed by atoms with Gasteiger partial charge in [0.2, 0.25) is 0 Å². The molecule has 3 heterocycles. The number of benzene rings is 3. The molecule has 3 aromatic carbocycles. The zero-order valence-electron chi connectivity index (χ0n) is 51.0. The minimum Gasteiger partial charge on any atom is -0.493 e. The normalized spacial score (nSPS) is 28.3. The topological polar surface area (TPSA) is 197 Å². The van der Waals surface area contributed by atoms with Crippen LogP contribution in [0.2, 0.25) is 0 Å². The van der Waals surface area contributed by atoms with E-state index in [1.807, 2.05) is 41.3 Å². The first-order valence-electron chi connectivity index (χ1n) is 31.7. The van der Waals surface area contributed by atoms with E-state index in [-0.39, 0.29) is 48.1 Å². The summed E-state index contributed by atoms with van der Waals surface area (Å²) in [4.78, 5) is 39.5. The lowest BCUT2D eigenvalue weighted by molar-refractivity contribution is 0.133. The lowest BCUT2D eigenvalue weighted by Gasteiger charge is -2.33. The number of alkyl halides is 1. The SMILES string of the molecule is CCOP(=O)(C/C=C/CN1CC(c2ccc(OC)c(O[C@H]3C[C@@H]4CC[C@H]3C4)c2)CNC1=O)OCC.COc1ccc(C2CNC(=O)N(C/C=C/CBr)C2)cc1O[C@H]1C[C@@H]2CC[C@H]1C2.COc1ccc(C2CNC(=O)NC2)cc1O[C@H]1C[C@@H]2CC[C@H]1C2. The van der Waals surface area contributed by atoms with E-state index in [0.29, 0.717) is 95.5 Å². The predicted molar refractivity (Wildman–Crippen MR) is 336 cm³/mol. The third-order valence-electron chi connectivity index (χ3n) is 19.4. The molecule has 6 aliphatic carbocycles. The fourth-order valence-electron chi connectivity index (χ4n) is 14.8. The summed E-state index contributed by atoms with van der Waals surface area (Å²) in [5.41, 5.74) is 3.49. The van der Waals surface area contributed by atoms with Gasteiger partial charge in [0.05, 0.1) is 40.7 Å². The maximum Gasteiger partial charge on any atom is 0.334 e. The third-order valence-corrected chi connectivity index (χ3v) is 21.7. The molecule has 3 aromatic rings. The molecule has 6 bridgehead atoms. The second kappa shape index (κ2) is 30.1. The second-order valence-corrected chi connectivity index (χ2v) is 27.6. The van der Waals surface area contributed by atoms with E-state index in [0.717, 1.165) is 69.6 Å². The van der Waals surface area contributed by atoms with Gasteiger partial charge in [0, 0.05) is 75.4 Å². The maximum atomic E-state index is 12.6. The number of hydrogen-bond acceptors (Lipinski definition) is 12.